The summed E-state index contributed by atoms with van der Waals surface area (Å²) in [6.45, 7) is 0.726. The second-order valence-electron chi connectivity index (χ2n) is 5.84. The summed E-state index contributed by atoms with van der Waals surface area (Å²) < 4.78 is 5.35. The number of fused-ring (bicyclic) bond motifs is 1. The average molecular weight is 322 g/mol. The first-order chi connectivity index (χ1) is 10.3. The van der Waals surface area contributed by atoms with Crippen molar-refractivity contribution >= 4 is 23.2 Å². The van der Waals surface area contributed by atoms with Gasteiger partial charge in [0.1, 0.15) is 11.5 Å². The van der Waals surface area contributed by atoms with Crippen LogP contribution in [0.15, 0.2) is 30.3 Å². The van der Waals surface area contributed by atoms with E-state index in [0.717, 1.165) is 28.6 Å². The molecule has 22 heavy (non-hydrogen) atoms. The molecule has 0 amide bonds. The fourth-order valence-electron chi connectivity index (χ4n) is 3.24. The zero-order chi connectivity index (χ0) is 14.7. The second-order valence-corrected chi connectivity index (χ2v) is 5.84. The van der Waals surface area contributed by atoms with Crippen molar-refractivity contribution in [2.24, 2.45) is 0 Å². The predicted molar refractivity (Wildman–Crippen MR) is 93.1 cm³/mol. The summed E-state index contributed by atoms with van der Waals surface area (Å²) in [5.74, 6) is 1.17. The summed E-state index contributed by atoms with van der Waals surface area (Å²) in [6.07, 6.45) is 6.50. The van der Waals surface area contributed by atoms with Crippen molar-refractivity contribution in [3.05, 3.63) is 35.9 Å². The molecule has 2 aromatic rings. The third kappa shape index (κ3) is 3.47. The molecule has 4 heteroatoms. The van der Waals surface area contributed by atoms with Crippen LogP contribution in [0.5, 0.6) is 11.5 Å². The van der Waals surface area contributed by atoms with Gasteiger partial charge in [0.2, 0.25) is 0 Å². The highest BCUT2D eigenvalue weighted by atomic mass is 35.5. The number of halogens is 1. The number of methoxy groups -OCH3 is 1. The third-order valence-corrected chi connectivity index (χ3v) is 4.48. The summed E-state index contributed by atoms with van der Waals surface area (Å²) in [5, 5.41) is 15.9. The van der Waals surface area contributed by atoms with Crippen molar-refractivity contribution in [2.75, 3.05) is 7.11 Å². The van der Waals surface area contributed by atoms with E-state index in [9.17, 15) is 5.11 Å². The van der Waals surface area contributed by atoms with Crippen LogP contribution in [0.4, 0.5) is 0 Å². The molecule has 0 atom stereocenters. The van der Waals surface area contributed by atoms with Crippen molar-refractivity contribution < 1.29 is 9.84 Å². The molecular formula is C18H24ClNO2. The summed E-state index contributed by atoms with van der Waals surface area (Å²) >= 11 is 0. The van der Waals surface area contributed by atoms with E-state index in [4.69, 9.17) is 4.74 Å². The normalized spacial score (nSPS) is 15.5. The quantitative estimate of drug-likeness (QED) is 0.877. The number of aromatic hydroxyl groups is 1. The SMILES string of the molecule is COc1cccc2c(O)c(CNC3CCCCC3)ccc12.Cl. The van der Waals surface area contributed by atoms with Crippen LogP contribution >= 0.6 is 12.4 Å². The summed E-state index contributed by atoms with van der Waals surface area (Å²) in [5.41, 5.74) is 0.960. The molecule has 2 aromatic carbocycles. The van der Waals surface area contributed by atoms with Crippen LogP contribution in [0.2, 0.25) is 0 Å². The van der Waals surface area contributed by atoms with Gasteiger partial charge in [-0.25, -0.2) is 0 Å². The molecule has 0 bridgehead atoms. The second kappa shape index (κ2) is 7.70. The lowest BCUT2D eigenvalue weighted by molar-refractivity contribution is 0.369. The number of hydrogen-bond donors (Lipinski definition) is 2. The number of ether oxygens (including phenoxy) is 1. The molecule has 0 radical (unpaired) electrons. The molecule has 0 heterocycles. The summed E-state index contributed by atoms with van der Waals surface area (Å²) in [6, 6.07) is 10.4. The molecule has 0 unspecified atom stereocenters. The first-order valence-corrected chi connectivity index (χ1v) is 7.80. The molecule has 1 aliphatic carbocycles. The predicted octanol–water partition coefficient (Wildman–Crippen LogP) is 4.40. The fourth-order valence-corrected chi connectivity index (χ4v) is 3.24. The Kier molecular flexibility index (Phi) is 5.92. The summed E-state index contributed by atoms with van der Waals surface area (Å²) in [7, 11) is 1.66. The molecule has 0 aromatic heterocycles. The van der Waals surface area contributed by atoms with Gasteiger partial charge in [-0.3, -0.25) is 0 Å². The molecule has 3 nitrogen and oxygen atoms in total. The van der Waals surface area contributed by atoms with Gasteiger partial charge in [-0.05, 0) is 18.9 Å². The smallest absolute Gasteiger partial charge is 0.128 e. The molecule has 0 spiro atoms. The van der Waals surface area contributed by atoms with Crippen LogP contribution in [0, 0.1) is 0 Å². The maximum atomic E-state index is 10.5. The number of phenolic OH excluding ortho intramolecular Hbond substituents is 1. The van der Waals surface area contributed by atoms with Crippen molar-refractivity contribution in [1.82, 2.24) is 5.32 Å². The Labute approximate surface area is 138 Å². The third-order valence-electron chi connectivity index (χ3n) is 4.48. The van der Waals surface area contributed by atoms with Gasteiger partial charge >= 0.3 is 0 Å². The van der Waals surface area contributed by atoms with Gasteiger partial charge in [0.25, 0.3) is 0 Å². The molecule has 0 aliphatic heterocycles. The first kappa shape index (κ1) is 16.9. The average Bonchev–Trinajstić information content (AvgIpc) is 2.55. The van der Waals surface area contributed by atoms with E-state index in [1.165, 1.54) is 32.1 Å². The summed E-state index contributed by atoms with van der Waals surface area (Å²) in [4.78, 5) is 0. The van der Waals surface area contributed by atoms with E-state index >= 15 is 0 Å². The molecule has 1 saturated carbocycles. The van der Waals surface area contributed by atoms with Crippen LogP contribution in [0.1, 0.15) is 37.7 Å². The Morgan fingerprint density at radius 3 is 2.59 bits per heavy atom. The molecular weight excluding hydrogens is 298 g/mol. The Morgan fingerprint density at radius 1 is 1.09 bits per heavy atom. The Hall–Kier alpha value is -1.45. The minimum absolute atomic E-state index is 0. The van der Waals surface area contributed by atoms with Gasteiger partial charge in [-0.15, -0.1) is 12.4 Å². The fraction of sp³-hybridized carbons (Fsp3) is 0.444. The van der Waals surface area contributed by atoms with Crippen LogP contribution < -0.4 is 10.1 Å². The molecule has 2 N–H and O–H groups in total. The van der Waals surface area contributed by atoms with Gasteiger partial charge in [0.15, 0.2) is 0 Å². The number of benzene rings is 2. The number of rotatable bonds is 4. The largest absolute Gasteiger partial charge is 0.507 e. The van der Waals surface area contributed by atoms with Crippen molar-refractivity contribution in [1.29, 1.82) is 0 Å². The Bertz CT molecular complexity index is 624. The lowest BCUT2D eigenvalue weighted by atomic mass is 9.95. The molecule has 0 saturated heterocycles. The van der Waals surface area contributed by atoms with E-state index < -0.39 is 0 Å². The highest BCUT2D eigenvalue weighted by Gasteiger charge is 2.14. The Balaban J connectivity index is 0.00000176. The van der Waals surface area contributed by atoms with E-state index in [0.29, 0.717) is 11.8 Å². The minimum atomic E-state index is 0. The topological polar surface area (TPSA) is 41.5 Å². The highest BCUT2D eigenvalue weighted by molar-refractivity contribution is 5.93. The number of nitrogens with one attached hydrogen (secondary N) is 1. The van der Waals surface area contributed by atoms with Crippen molar-refractivity contribution in [2.45, 2.75) is 44.7 Å². The monoisotopic (exact) mass is 321 g/mol. The van der Waals surface area contributed by atoms with Crippen LogP contribution in [-0.2, 0) is 6.54 Å². The van der Waals surface area contributed by atoms with E-state index in [-0.39, 0.29) is 12.4 Å². The van der Waals surface area contributed by atoms with Crippen LogP contribution in [0.3, 0.4) is 0 Å². The van der Waals surface area contributed by atoms with Crippen molar-refractivity contribution in [3.63, 3.8) is 0 Å². The molecule has 120 valence electrons. The van der Waals surface area contributed by atoms with Gasteiger partial charge in [-0.1, -0.05) is 43.5 Å². The Morgan fingerprint density at radius 2 is 1.86 bits per heavy atom. The highest BCUT2D eigenvalue weighted by Crippen LogP contribution is 2.34. The number of phenols is 1. The van der Waals surface area contributed by atoms with Gasteiger partial charge < -0.3 is 15.2 Å². The van der Waals surface area contributed by atoms with Crippen LogP contribution in [-0.4, -0.2) is 18.3 Å². The minimum Gasteiger partial charge on any atom is -0.507 e. The van der Waals surface area contributed by atoms with E-state index in [1.54, 1.807) is 7.11 Å². The lowest BCUT2D eigenvalue weighted by Gasteiger charge is -2.23. The standard InChI is InChI=1S/C18H23NO2.ClH/c1-21-17-9-5-8-16-15(17)11-10-13(18(16)20)12-19-14-6-3-2-4-7-14;/h5,8-11,14,19-20H,2-4,6-7,12H2,1H3;1H. The maximum absolute atomic E-state index is 10.5. The molecule has 1 fully saturated rings. The van der Waals surface area contributed by atoms with Crippen LogP contribution in [0.25, 0.3) is 10.8 Å². The zero-order valence-corrected chi connectivity index (χ0v) is 13.8. The van der Waals surface area contributed by atoms with Gasteiger partial charge in [0.05, 0.1) is 7.11 Å². The van der Waals surface area contributed by atoms with Crippen molar-refractivity contribution in [3.8, 4) is 11.5 Å². The van der Waals surface area contributed by atoms with E-state index in [1.807, 2.05) is 30.3 Å². The zero-order valence-electron chi connectivity index (χ0n) is 13.0. The maximum Gasteiger partial charge on any atom is 0.128 e. The molecule has 1 aliphatic rings. The lowest BCUT2D eigenvalue weighted by Crippen LogP contribution is -2.30. The molecule has 3 rings (SSSR count). The van der Waals surface area contributed by atoms with Gasteiger partial charge in [0, 0.05) is 28.9 Å². The van der Waals surface area contributed by atoms with E-state index in [2.05, 4.69) is 5.32 Å². The first-order valence-electron chi connectivity index (χ1n) is 7.80. The van der Waals surface area contributed by atoms with Gasteiger partial charge in [-0.2, -0.15) is 0 Å². The number of hydrogen-bond acceptors (Lipinski definition) is 3.